The Bertz CT molecular complexity index is 1120. The van der Waals surface area contributed by atoms with E-state index < -0.39 is 0 Å². The van der Waals surface area contributed by atoms with E-state index in [9.17, 15) is 4.79 Å². The summed E-state index contributed by atoms with van der Waals surface area (Å²) in [5, 5.41) is 0. The molecule has 3 heteroatoms. The number of rotatable bonds is 2. The predicted octanol–water partition coefficient (Wildman–Crippen LogP) is 6.66. The van der Waals surface area contributed by atoms with E-state index in [-0.39, 0.29) is 5.41 Å². The molecule has 0 amide bonds. The fraction of sp³-hybridized carbons (Fsp3) is 0.571. The van der Waals surface area contributed by atoms with Crippen LogP contribution in [0.3, 0.4) is 0 Å². The molecule has 0 saturated heterocycles. The molecule has 2 saturated carbocycles. The number of imidazole rings is 1. The van der Waals surface area contributed by atoms with E-state index in [4.69, 9.17) is 0 Å². The maximum absolute atomic E-state index is 12.3. The fourth-order valence-electron chi connectivity index (χ4n) is 8.21. The first-order chi connectivity index (χ1) is 15.0. The first-order valence-electron chi connectivity index (χ1n) is 12.3. The van der Waals surface area contributed by atoms with Gasteiger partial charge in [-0.2, -0.15) is 0 Å². The number of aromatic nitrogens is 2. The molecule has 1 aromatic carbocycles. The van der Waals surface area contributed by atoms with Crippen molar-refractivity contribution in [1.29, 1.82) is 0 Å². The summed E-state index contributed by atoms with van der Waals surface area (Å²) in [6, 6.07) is 8.32. The number of nitrogens with zero attached hydrogens (tertiary/aromatic N) is 2. The standard InChI is InChI=1S/C28H34N2O/c1-18-10-12-27(2)20(14-18)8-9-21-22(27)11-13-28(3)23(21)15-19(16-31)26(28)30-17-29-24-6-4-5-7-25(24)30/h4-8,16-18,21-23H,9-15H2,1-3H3/t18-,21?,22?,23?,27-,28-/m0/s1. The molecular formula is C28H34N2O. The van der Waals surface area contributed by atoms with Crippen molar-refractivity contribution in [2.75, 3.05) is 0 Å². The first-order valence-corrected chi connectivity index (χ1v) is 12.3. The first kappa shape index (κ1) is 19.5. The van der Waals surface area contributed by atoms with Gasteiger partial charge in [0.25, 0.3) is 0 Å². The van der Waals surface area contributed by atoms with Crippen LogP contribution in [-0.4, -0.2) is 15.8 Å². The molecule has 4 aliphatic rings. The van der Waals surface area contributed by atoms with Crippen molar-refractivity contribution in [2.45, 2.75) is 65.7 Å². The number of hydrogen-bond donors (Lipinski definition) is 0. The molecule has 0 radical (unpaired) electrons. The maximum atomic E-state index is 12.3. The molecule has 0 bridgehead atoms. The highest BCUT2D eigenvalue weighted by Gasteiger charge is 2.58. The second-order valence-corrected chi connectivity index (χ2v) is 11.4. The van der Waals surface area contributed by atoms with E-state index in [1.165, 1.54) is 44.2 Å². The molecule has 3 nitrogen and oxygen atoms in total. The van der Waals surface area contributed by atoms with Crippen LogP contribution in [-0.2, 0) is 4.79 Å². The molecule has 0 aliphatic heterocycles. The molecule has 3 unspecified atom stereocenters. The summed E-state index contributed by atoms with van der Waals surface area (Å²) in [6.45, 7) is 7.43. The average Bonchev–Trinajstić information content (AvgIpc) is 3.31. The normalized spacial score (nSPS) is 39.6. The summed E-state index contributed by atoms with van der Waals surface area (Å²) in [5.74, 6) is 2.84. The maximum Gasteiger partial charge on any atom is 0.147 e. The Balaban J connectivity index is 1.42. The Kier molecular flexibility index (Phi) is 4.20. The SMILES string of the molecule is C[C@H]1CC[C@@]2(C)C(=CCC3C2CC[C@]2(C)C(n4cnc5ccccc54)=C(C=O)CC32)C1. The zero-order valence-corrected chi connectivity index (χ0v) is 19.1. The van der Waals surface area contributed by atoms with Crippen molar-refractivity contribution < 1.29 is 4.79 Å². The molecule has 6 atom stereocenters. The number of carbonyl (C=O) groups is 1. The van der Waals surface area contributed by atoms with Crippen molar-refractivity contribution in [3.8, 4) is 0 Å². The van der Waals surface area contributed by atoms with Crippen LogP contribution in [0.1, 0.15) is 65.7 Å². The monoisotopic (exact) mass is 414 g/mol. The quantitative estimate of drug-likeness (QED) is 0.407. The molecule has 0 N–H and O–H groups in total. The lowest BCUT2D eigenvalue weighted by molar-refractivity contribution is -0.105. The van der Waals surface area contributed by atoms with Gasteiger partial charge in [-0.1, -0.05) is 44.6 Å². The topological polar surface area (TPSA) is 34.9 Å². The zero-order valence-electron chi connectivity index (χ0n) is 19.1. The minimum atomic E-state index is 0.0462. The van der Waals surface area contributed by atoms with Crippen LogP contribution in [0, 0.1) is 34.5 Å². The van der Waals surface area contributed by atoms with Gasteiger partial charge in [0.1, 0.15) is 12.6 Å². The van der Waals surface area contributed by atoms with Crippen LogP contribution in [0.15, 0.2) is 47.8 Å². The molecule has 1 heterocycles. The van der Waals surface area contributed by atoms with Crippen LogP contribution in [0.2, 0.25) is 0 Å². The molecule has 162 valence electrons. The summed E-state index contributed by atoms with van der Waals surface area (Å²) in [7, 11) is 0. The van der Waals surface area contributed by atoms with E-state index in [0.29, 0.717) is 17.3 Å². The smallest absolute Gasteiger partial charge is 0.147 e. The highest BCUT2D eigenvalue weighted by Crippen LogP contribution is 2.67. The van der Waals surface area contributed by atoms with Crippen LogP contribution in [0.4, 0.5) is 0 Å². The third kappa shape index (κ3) is 2.58. The molecular weight excluding hydrogens is 380 g/mol. The van der Waals surface area contributed by atoms with Crippen molar-refractivity contribution in [3.63, 3.8) is 0 Å². The third-order valence-electron chi connectivity index (χ3n) is 9.86. The summed E-state index contributed by atoms with van der Waals surface area (Å²) in [6.07, 6.45) is 14.3. The number of fused-ring (bicyclic) bond motifs is 6. The lowest BCUT2D eigenvalue weighted by Crippen LogP contribution is -2.49. The molecule has 6 rings (SSSR count). The van der Waals surface area contributed by atoms with Gasteiger partial charge >= 0.3 is 0 Å². The Hall–Kier alpha value is -2.16. The van der Waals surface area contributed by atoms with Crippen LogP contribution in [0.25, 0.3) is 16.7 Å². The number of hydrogen-bond acceptors (Lipinski definition) is 2. The second-order valence-electron chi connectivity index (χ2n) is 11.4. The van der Waals surface area contributed by atoms with E-state index in [2.05, 4.69) is 54.6 Å². The highest BCUT2D eigenvalue weighted by atomic mass is 16.1. The van der Waals surface area contributed by atoms with Crippen LogP contribution >= 0.6 is 0 Å². The van der Waals surface area contributed by atoms with Crippen molar-refractivity contribution in [3.05, 3.63) is 47.8 Å². The van der Waals surface area contributed by atoms with E-state index >= 15 is 0 Å². The van der Waals surface area contributed by atoms with Gasteiger partial charge in [0.15, 0.2) is 0 Å². The molecule has 2 fully saturated rings. The van der Waals surface area contributed by atoms with Gasteiger partial charge in [-0.25, -0.2) is 4.98 Å². The lowest BCUT2D eigenvalue weighted by atomic mass is 9.47. The number of aldehydes is 1. The predicted molar refractivity (Wildman–Crippen MR) is 125 cm³/mol. The van der Waals surface area contributed by atoms with Gasteiger partial charge in [-0.15, -0.1) is 0 Å². The van der Waals surface area contributed by atoms with Gasteiger partial charge in [-0.3, -0.25) is 4.79 Å². The van der Waals surface area contributed by atoms with E-state index in [1.54, 1.807) is 5.57 Å². The van der Waals surface area contributed by atoms with Crippen LogP contribution < -0.4 is 0 Å². The summed E-state index contributed by atoms with van der Waals surface area (Å²) < 4.78 is 2.24. The largest absolute Gasteiger partial charge is 0.302 e. The van der Waals surface area contributed by atoms with E-state index in [1.807, 2.05) is 12.4 Å². The summed E-state index contributed by atoms with van der Waals surface area (Å²) >= 11 is 0. The van der Waals surface area contributed by atoms with E-state index in [0.717, 1.165) is 41.1 Å². The number of para-hydroxylation sites is 2. The van der Waals surface area contributed by atoms with Crippen molar-refractivity contribution in [2.24, 2.45) is 34.5 Å². The minimum absolute atomic E-state index is 0.0462. The molecule has 31 heavy (non-hydrogen) atoms. The third-order valence-corrected chi connectivity index (χ3v) is 9.86. The van der Waals surface area contributed by atoms with Gasteiger partial charge in [0.2, 0.25) is 0 Å². The average molecular weight is 415 g/mol. The van der Waals surface area contributed by atoms with Gasteiger partial charge < -0.3 is 4.57 Å². The van der Waals surface area contributed by atoms with Gasteiger partial charge in [0.05, 0.1) is 11.0 Å². The van der Waals surface area contributed by atoms with Crippen LogP contribution in [0.5, 0.6) is 0 Å². The molecule has 0 spiro atoms. The minimum Gasteiger partial charge on any atom is -0.302 e. The highest BCUT2D eigenvalue weighted by molar-refractivity contribution is 5.90. The lowest BCUT2D eigenvalue weighted by Gasteiger charge is -2.57. The summed E-state index contributed by atoms with van der Waals surface area (Å²) in [4.78, 5) is 17.0. The molecule has 1 aromatic heterocycles. The number of allylic oxidation sites excluding steroid dienone is 4. The molecule has 2 aromatic rings. The Morgan fingerprint density at radius 1 is 1.06 bits per heavy atom. The Morgan fingerprint density at radius 3 is 2.71 bits per heavy atom. The second kappa shape index (κ2) is 6.67. The number of carbonyl (C=O) groups excluding carboxylic acids is 1. The zero-order chi connectivity index (χ0) is 21.4. The van der Waals surface area contributed by atoms with Crippen molar-refractivity contribution >= 4 is 23.0 Å². The molecule has 4 aliphatic carbocycles. The Morgan fingerprint density at radius 2 is 1.87 bits per heavy atom. The Labute approximate surface area is 185 Å². The van der Waals surface area contributed by atoms with Gasteiger partial charge in [0, 0.05) is 16.7 Å². The fourth-order valence-corrected chi connectivity index (χ4v) is 8.21. The van der Waals surface area contributed by atoms with Gasteiger partial charge in [-0.05, 0) is 86.2 Å². The summed E-state index contributed by atoms with van der Waals surface area (Å²) in [5.41, 5.74) is 6.55. The number of benzene rings is 1. The van der Waals surface area contributed by atoms with Crippen molar-refractivity contribution in [1.82, 2.24) is 9.55 Å².